The van der Waals surface area contributed by atoms with Crippen LogP contribution >= 0.6 is 11.3 Å². The third-order valence-electron chi connectivity index (χ3n) is 5.43. The maximum Gasteiger partial charge on any atom is 0.0450 e. The topological polar surface area (TPSA) is 12.4 Å². The fraction of sp³-hybridized carbons (Fsp3) is 0.375. The number of thiophene rings is 1. The number of allylic oxidation sites excluding steroid dienone is 4. The minimum absolute atomic E-state index is 0.559. The van der Waals surface area contributed by atoms with Crippen molar-refractivity contribution in [1.29, 1.82) is 0 Å². The van der Waals surface area contributed by atoms with Gasteiger partial charge in [-0.1, -0.05) is 50.6 Å². The van der Waals surface area contributed by atoms with Crippen molar-refractivity contribution < 1.29 is 0 Å². The van der Waals surface area contributed by atoms with Crippen molar-refractivity contribution in [2.75, 3.05) is 0 Å². The molecule has 0 aliphatic heterocycles. The first-order valence-corrected chi connectivity index (χ1v) is 10.3. The zero-order chi connectivity index (χ0) is 19.0. The fourth-order valence-electron chi connectivity index (χ4n) is 3.86. The van der Waals surface area contributed by atoms with E-state index in [1.54, 1.807) is 6.20 Å². The van der Waals surface area contributed by atoms with Gasteiger partial charge in [-0.25, -0.2) is 0 Å². The van der Waals surface area contributed by atoms with E-state index < -0.39 is 0 Å². The predicted octanol–water partition coefficient (Wildman–Crippen LogP) is 7.69. The monoisotopic (exact) mass is 363 g/mol. The van der Waals surface area contributed by atoms with Crippen LogP contribution in [0.2, 0.25) is 0 Å². The lowest BCUT2D eigenvalue weighted by Gasteiger charge is -2.24. The third-order valence-corrected chi connectivity index (χ3v) is 6.65. The van der Waals surface area contributed by atoms with Crippen molar-refractivity contribution in [3.63, 3.8) is 0 Å². The van der Waals surface area contributed by atoms with E-state index in [2.05, 4.69) is 71.3 Å². The van der Waals surface area contributed by atoms with Gasteiger partial charge in [-0.15, -0.1) is 11.3 Å². The summed E-state index contributed by atoms with van der Waals surface area (Å²) in [7, 11) is 0. The third kappa shape index (κ3) is 3.12. The molecule has 1 nitrogen and oxygen atoms in total. The van der Waals surface area contributed by atoms with Gasteiger partial charge in [0, 0.05) is 27.1 Å². The lowest BCUT2D eigenvalue weighted by Crippen LogP contribution is -2.12. The summed E-state index contributed by atoms with van der Waals surface area (Å²) in [6, 6.07) is 7.03. The van der Waals surface area contributed by atoms with Crippen LogP contribution in [-0.2, 0) is 6.42 Å². The molecule has 2 heteroatoms. The molecule has 1 aliphatic carbocycles. The first kappa shape index (κ1) is 18.8. The minimum Gasteiger partial charge on any atom is -0.262 e. The number of rotatable bonds is 4. The first-order chi connectivity index (χ1) is 12.4. The number of aliphatic imine (C=N–C) groups is 1. The summed E-state index contributed by atoms with van der Waals surface area (Å²) in [6.07, 6.45) is 3.72. The molecule has 0 saturated heterocycles. The number of nitrogens with zero attached hydrogens (tertiary/aromatic N) is 1. The lowest BCUT2D eigenvalue weighted by molar-refractivity contribution is 0.869. The van der Waals surface area contributed by atoms with Crippen molar-refractivity contribution >= 4 is 32.7 Å². The Hall–Kier alpha value is -1.93. The van der Waals surface area contributed by atoms with E-state index in [1.807, 2.05) is 11.3 Å². The highest BCUT2D eigenvalue weighted by Gasteiger charge is 2.27. The van der Waals surface area contributed by atoms with E-state index in [0.717, 1.165) is 18.6 Å². The van der Waals surface area contributed by atoms with E-state index in [4.69, 9.17) is 0 Å². The van der Waals surface area contributed by atoms with Crippen molar-refractivity contribution in [3.8, 4) is 0 Å². The average Bonchev–Trinajstić information content (AvgIpc) is 2.97. The molecule has 0 saturated carbocycles. The predicted molar refractivity (Wildman–Crippen MR) is 119 cm³/mol. The Labute approximate surface area is 161 Å². The Bertz CT molecular complexity index is 964. The molecule has 0 fully saturated rings. The van der Waals surface area contributed by atoms with Crippen molar-refractivity contribution in [2.45, 2.75) is 60.3 Å². The van der Waals surface area contributed by atoms with E-state index in [1.165, 1.54) is 48.4 Å². The lowest BCUT2D eigenvalue weighted by atomic mass is 9.82. The van der Waals surface area contributed by atoms with Crippen LogP contribution < -0.4 is 0 Å². The Morgan fingerprint density at radius 1 is 1.31 bits per heavy atom. The van der Waals surface area contributed by atoms with Crippen molar-refractivity contribution in [3.05, 3.63) is 63.7 Å². The average molecular weight is 364 g/mol. The van der Waals surface area contributed by atoms with Gasteiger partial charge < -0.3 is 0 Å². The molecule has 0 unspecified atom stereocenters. The number of hydrogen-bond donors (Lipinski definition) is 0. The number of hydrogen-bond acceptors (Lipinski definition) is 2. The molecule has 136 valence electrons. The summed E-state index contributed by atoms with van der Waals surface area (Å²) < 4.78 is 1.41. The normalized spacial score (nSPS) is 17.1. The molecule has 0 N–H and O–H groups in total. The van der Waals surface area contributed by atoms with E-state index >= 15 is 0 Å². The van der Waals surface area contributed by atoms with Gasteiger partial charge in [0.15, 0.2) is 0 Å². The molecule has 1 aromatic carbocycles. The molecule has 0 spiro atoms. The zero-order valence-electron chi connectivity index (χ0n) is 16.9. The largest absolute Gasteiger partial charge is 0.262 e. The molecule has 0 amide bonds. The van der Waals surface area contributed by atoms with E-state index in [0.29, 0.717) is 5.92 Å². The highest BCUT2D eigenvalue weighted by atomic mass is 32.1. The van der Waals surface area contributed by atoms with Gasteiger partial charge in [0.05, 0.1) is 0 Å². The van der Waals surface area contributed by atoms with Crippen LogP contribution in [0, 0.1) is 0 Å². The summed E-state index contributed by atoms with van der Waals surface area (Å²) in [5.74, 6) is 0.559. The van der Waals surface area contributed by atoms with Gasteiger partial charge in [-0.05, 0) is 67.7 Å². The Morgan fingerprint density at radius 3 is 2.65 bits per heavy atom. The van der Waals surface area contributed by atoms with Gasteiger partial charge >= 0.3 is 0 Å². The second kappa shape index (κ2) is 7.36. The summed E-state index contributed by atoms with van der Waals surface area (Å²) in [6.45, 7) is 17.2. The Balaban J connectivity index is 2.30. The molecule has 0 radical (unpaired) electrons. The Kier molecular flexibility index (Phi) is 5.34. The number of fused-ring (bicyclic) bond motifs is 3. The quantitative estimate of drug-likeness (QED) is 0.494. The molecule has 3 rings (SSSR count). The Morgan fingerprint density at radius 2 is 2.04 bits per heavy atom. The minimum atomic E-state index is 0.559. The second-order valence-corrected chi connectivity index (χ2v) is 8.61. The van der Waals surface area contributed by atoms with Gasteiger partial charge in [0.1, 0.15) is 0 Å². The molecule has 1 aliphatic rings. The molecule has 1 aromatic heterocycles. The first-order valence-electron chi connectivity index (χ1n) is 9.50. The highest BCUT2D eigenvalue weighted by Crippen LogP contribution is 2.46. The van der Waals surface area contributed by atoms with Crippen molar-refractivity contribution in [1.82, 2.24) is 0 Å². The van der Waals surface area contributed by atoms with Gasteiger partial charge in [-0.3, -0.25) is 4.99 Å². The molecule has 26 heavy (non-hydrogen) atoms. The highest BCUT2D eigenvalue weighted by molar-refractivity contribution is 7.20. The second-order valence-electron chi connectivity index (χ2n) is 7.56. The summed E-state index contributed by atoms with van der Waals surface area (Å²) in [5, 5.41) is 1.42. The molecule has 1 heterocycles. The zero-order valence-corrected chi connectivity index (χ0v) is 17.7. The molecule has 0 atom stereocenters. The van der Waals surface area contributed by atoms with Gasteiger partial charge in [0.2, 0.25) is 0 Å². The van der Waals surface area contributed by atoms with E-state index in [9.17, 15) is 0 Å². The summed E-state index contributed by atoms with van der Waals surface area (Å²) >= 11 is 1.95. The summed E-state index contributed by atoms with van der Waals surface area (Å²) in [5.41, 5.74) is 9.57. The maximum atomic E-state index is 4.52. The van der Waals surface area contributed by atoms with Crippen LogP contribution in [0.15, 0.2) is 52.7 Å². The van der Waals surface area contributed by atoms with Gasteiger partial charge in [-0.2, -0.15) is 0 Å². The maximum absolute atomic E-state index is 4.52. The van der Waals surface area contributed by atoms with Crippen LogP contribution in [0.25, 0.3) is 15.7 Å². The van der Waals surface area contributed by atoms with Crippen LogP contribution in [-0.4, -0.2) is 5.71 Å². The van der Waals surface area contributed by atoms with Crippen LogP contribution in [0.1, 0.15) is 69.9 Å². The van der Waals surface area contributed by atoms with Crippen LogP contribution in [0.4, 0.5) is 0 Å². The molecule has 2 aromatic rings. The molecule has 0 bridgehead atoms. The summed E-state index contributed by atoms with van der Waals surface area (Å²) in [4.78, 5) is 5.97. The standard InChI is InChI=1S/C24H29NS/c1-8-15(5)23-22(17(7)25-9-2)16(6)12-20-19-11-10-18(14(3)4)13-21(19)26-24(20)23/h9-11,13-14H,2,8,12H2,1,3-7H3/b23-15-,25-17-. The fourth-order valence-corrected chi connectivity index (χ4v) is 5.26. The van der Waals surface area contributed by atoms with Crippen LogP contribution in [0.3, 0.4) is 0 Å². The molecular weight excluding hydrogens is 334 g/mol. The van der Waals surface area contributed by atoms with E-state index in [-0.39, 0.29) is 0 Å². The SMILES string of the molecule is C=C/N=C(/C)C1=C(C)Cc2c(sc3cc(C(C)C)ccc23)/C1=C(/C)CC. The molecular formula is C24H29NS. The smallest absolute Gasteiger partial charge is 0.0450 e. The van der Waals surface area contributed by atoms with Crippen LogP contribution in [0.5, 0.6) is 0 Å². The van der Waals surface area contributed by atoms with Crippen molar-refractivity contribution in [2.24, 2.45) is 4.99 Å². The van der Waals surface area contributed by atoms with Gasteiger partial charge in [0.25, 0.3) is 0 Å². The number of benzene rings is 1.